The summed E-state index contributed by atoms with van der Waals surface area (Å²) < 4.78 is 53.1. The largest absolute Gasteiger partial charge is 0.493 e. The number of β-amino-alcohol motifs (C(OH)–C–C–N with tert-alkyl or cyclic N) is 1. The van der Waals surface area contributed by atoms with Crippen LogP contribution < -0.4 is 25.2 Å². The number of ether oxygens (including phenoxy) is 2. The second-order valence-electron chi connectivity index (χ2n) is 19.7. The van der Waals surface area contributed by atoms with Crippen LogP contribution in [-0.2, 0) is 36.6 Å². The number of thiazole rings is 1. The Labute approximate surface area is 432 Å². The third kappa shape index (κ3) is 12.2. The fourth-order valence-corrected chi connectivity index (χ4v) is 10.2. The molecule has 1 unspecified atom stereocenters. The lowest BCUT2D eigenvalue weighted by molar-refractivity contribution is -0.144. The minimum Gasteiger partial charge on any atom is -0.493 e. The number of aliphatic hydroxyl groups is 1. The monoisotopic (exact) mass is 1040 g/mol. The highest BCUT2D eigenvalue weighted by molar-refractivity contribution is 7.81. The summed E-state index contributed by atoms with van der Waals surface area (Å²) in [6, 6.07) is 23.7. The predicted octanol–water partition coefficient (Wildman–Crippen LogP) is 8.89. The Bertz CT molecular complexity index is 2910. The van der Waals surface area contributed by atoms with E-state index in [1.54, 1.807) is 53.8 Å². The maximum absolute atomic E-state index is 14.0. The third-order valence-electron chi connectivity index (χ3n) is 12.9. The van der Waals surface area contributed by atoms with Crippen molar-refractivity contribution in [3.05, 3.63) is 118 Å². The number of carbonyl (C=O) groups is 4. The molecule has 3 heterocycles. The standard InChI is InChI=1S/C54H58F3N7O7S2/c1-32-24-37(35-14-18-39(19-15-35)64-51(72)63(50(69)53(64,6)7)40-20-16-38(27-58)42(25-40)54(55,56)57)17-21-44(32)71-23-9-8-22-70-30-45(66)61-47(52(3,4)5)49(68)62-29-41(65)26-43(62)48(67)59-28-34-10-12-36(13-11-34)46-33(2)60-31-73-46/h10-21,24-25,31,41,43,47,65H,8-9,22-23,26,28-30H2,1-7H3,(H,59,67)(H,61,66)/t41-,43+,47?/m1/s1. The first-order valence-electron chi connectivity index (χ1n) is 23.8. The van der Waals surface area contributed by atoms with Gasteiger partial charge in [0, 0.05) is 31.8 Å². The Morgan fingerprint density at radius 2 is 1.60 bits per heavy atom. The van der Waals surface area contributed by atoms with Crippen molar-refractivity contribution in [3.63, 3.8) is 0 Å². The minimum absolute atomic E-state index is 0.00374. The Morgan fingerprint density at radius 1 is 0.945 bits per heavy atom. The number of anilines is 2. The van der Waals surface area contributed by atoms with E-state index in [1.165, 1.54) is 11.0 Å². The molecule has 3 atom stereocenters. The van der Waals surface area contributed by atoms with E-state index in [4.69, 9.17) is 21.7 Å². The van der Waals surface area contributed by atoms with E-state index >= 15 is 0 Å². The van der Waals surface area contributed by atoms with Crippen molar-refractivity contribution in [3.8, 4) is 33.4 Å². The van der Waals surface area contributed by atoms with E-state index in [9.17, 15) is 42.7 Å². The number of unbranched alkanes of at least 4 members (excludes halogenated alkanes) is 1. The average Bonchev–Trinajstić information content (AvgIpc) is 4.01. The van der Waals surface area contributed by atoms with Crippen molar-refractivity contribution in [2.75, 3.05) is 36.2 Å². The zero-order valence-electron chi connectivity index (χ0n) is 41.6. The van der Waals surface area contributed by atoms with Crippen LogP contribution >= 0.6 is 23.6 Å². The zero-order chi connectivity index (χ0) is 53.0. The molecule has 0 aliphatic carbocycles. The highest BCUT2D eigenvalue weighted by Crippen LogP contribution is 2.40. The smallest absolute Gasteiger partial charge is 0.417 e. The number of hydrogen-bond donors (Lipinski definition) is 3. The highest BCUT2D eigenvalue weighted by atomic mass is 32.1. The zero-order valence-corrected chi connectivity index (χ0v) is 43.3. The highest BCUT2D eigenvalue weighted by Gasteiger charge is 2.51. The Hall–Kier alpha value is -6.72. The van der Waals surface area contributed by atoms with Gasteiger partial charge in [0.25, 0.3) is 5.91 Å². The van der Waals surface area contributed by atoms with Gasteiger partial charge in [-0.25, -0.2) is 4.98 Å². The molecule has 14 nitrogen and oxygen atoms in total. The number of aliphatic hydroxyl groups excluding tert-OH is 1. The summed E-state index contributed by atoms with van der Waals surface area (Å²) in [7, 11) is 0. The Kier molecular flexibility index (Phi) is 16.4. The molecule has 0 radical (unpaired) electrons. The molecule has 0 spiro atoms. The van der Waals surface area contributed by atoms with E-state index < -0.39 is 64.2 Å². The van der Waals surface area contributed by atoms with Crippen LogP contribution in [0.1, 0.15) is 81.8 Å². The molecular formula is C54H58F3N7O7S2. The van der Waals surface area contributed by atoms with Gasteiger partial charge in [0.2, 0.25) is 17.7 Å². The first-order valence-corrected chi connectivity index (χ1v) is 25.0. The maximum Gasteiger partial charge on any atom is 0.417 e. The first-order chi connectivity index (χ1) is 34.5. The quantitative estimate of drug-likeness (QED) is 0.0599. The van der Waals surface area contributed by atoms with Crippen molar-refractivity contribution in [1.82, 2.24) is 20.5 Å². The molecule has 2 aliphatic heterocycles. The molecule has 2 fully saturated rings. The average molecular weight is 1040 g/mol. The van der Waals surface area contributed by atoms with Gasteiger partial charge in [-0.2, -0.15) is 18.4 Å². The summed E-state index contributed by atoms with van der Waals surface area (Å²) in [5, 5.41) is 25.6. The number of amides is 4. The second-order valence-corrected chi connectivity index (χ2v) is 21.0. The van der Waals surface area contributed by atoms with Crippen LogP contribution in [0.2, 0.25) is 0 Å². The number of rotatable bonds is 17. The minimum atomic E-state index is -4.81. The molecule has 1 aromatic heterocycles. The van der Waals surface area contributed by atoms with Crippen LogP contribution in [0.15, 0.2) is 90.4 Å². The van der Waals surface area contributed by atoms with Gasteiger partial charge >= 0.3 is 6.18 Å². The SMILES string of the molecule is Cc1cc(-c2ccc(N3C(=S)N(c4ccc(C#N)c(C(F)(F)F)c4)C(=O)C3(C)C)cc2)ccc1OCCCCOCC(=O)NC(C(=O)N1C[C@H](O)C[C@H]1C(=O)NCc1ccc(-c2scnc2C)cc1)C(C)(C)C. The molecule has 0 saturated carbocycles. The van der Waals surface area contributed by atoms with Gasteiger partial charge in [0.1, 0.15) is 30.0 Å². The molecule has 73 heavy (non-hydrogen) atoms. The molecule has 3 N–H and O–H groups in total. The van der Waals surface area contributed by atoms with Crippen LogP contribution in [0.25, 0.3) is 21.6 Å². The first kappa shape index (κ1) is 54.1. The van der Waals surface area contributed by atoms with E-state index in [0.29, 0.717) is 30.9 Å². The van der Waals surface area contributed by atoms with Crippen molar-refractivity contribution in [2.45, 2.75) is 104 Å². The van der Waals surface area contributed by atoms with Crippen LogP contribution in [0.3, 0.4) is 0 Å². The van der Waals surface area contributed by atoms with Crippen LogP contribution in [0.5, 0.6) is 5.75 Å². The summed E-state index contributed by atoms with van der Waals surface area (Å²) in [4.78, 5) is 63.7. The van der Waals surface area contributed by atoms with Crippen LogP contribution in [0, 0.1) is 30.6 Å². The number of halogens is 3. The molecule has 7 rings (SSSR count). The summed E-state index contributed by atoms with van der Waals surface area (Å²) in [5.41, 5.74) is 4.14. The number of carbonyl (C=O) groups excluding carboxylic acids is 4. The Morgan fingerprint density at radius 3 is 2.23 bits per heavy atom. The molecule has 2 aliphatic rings. The van der Waals surface area contributed by atoms with E-state index in [1.807, 2.05) is 89.2 Å². The van der Waals surface area contributed by atoms with Gasteiger partial charge in [-0.05, 0) is 128 Å². The number of hydrogen-bond acceptors (Lipinski definition) is 11. The number of thiocarbonyl (C=S) groups is 1. The van der Waals surface area contributed by atoms with E-state index in [0.717, 1.165) is 55.4 Å². The molecule has 5 aromatic rings. The fraction of sp³-hybridized carbons (Fsp3) is 0.389. The summed E-state index contributed by atoms with van der Waals surface area (Å²) in [6.07, 6.45) is -4.39. The number of aromatic nitrogens is 1. The van der Waals surface area contributed by atoms with Gasteiger partial charge in [-0.3, -0.25) is 24.1 Å². The number of nitrogens with zero attached hydrogens (tertiary/aromatic N) is 5. The van der Waals surface area contributed by atoms with Gasteiger partial charge in [-0.1, -0.05) is 63.2 Å². The van der Waals surface area contributed by atoms with Crippen molar-refractivity contribution in [2.24, 2.45) is 5.41 Å². The maximum atomic E-state index is 14.0. The molecule has 19 heteroatoms. The van der Waals surface area contributed by atoms with Crippen LogP contribution in [-0.4, -0.2) is 93.8 Å². The van der Waals surface area contributed by atoms with Crippen molar-refractivity contribution < 1.29 is 46.9 Å². The Balaban J connectivity index is 0.855. The van der Waals surface area contributed by atoms with Gasteiger partial charge in [0.15, 0.2) is 5.11 Å². The van der Waals surface area contributed by atoms with E-state index in [-0.39, 0.29) is 49.4 Å². The van der Waals surface area contributed by atoms with Crippen LogP contribution in [0.4, 0.5) is 24.5 Å². The molecule has 4 aromatic carbocycles. The van der Waals surface area contributed by atoms with Gasteiger partial charge < -0.3 is 35.0 Å². The number of aryl methyl sites for hydroxylation is 2. The lowest BCUT2D eigenvalue weighted by Crippen LogP contribution is -2.58. The van der Waals surface area contributed by atoms with Crippen molar-refractivity contribution in [1.29, 1.82) is 5.26 Å². The number of alkyl halides is 3. The van der Waals surface area contributed by atoms with Crippen molar-refractivity contribution >= 4 is 63.7 Å². The lowest BCUT2D eigenvalue weighted by atomic mass is 9.85. The number of nitriles is 1. The summed E-state index contributed by atoms with van der Waals surface area (Å²) >= 11 is 7.25. The van der Waals surface area contributed by atoms with Gasteiger partial charge in [0.05, 0.1) is 51.7 Å². The molecule has 384 valence electrons. The lowest BCUT2D eigenvalue weighted by Gasteiger charge is -2.35. The molecule has 4 amide bonds. The number of benzene rings is 4. The fourth-order valence-electron chi connectivity index (χ4n) is 8.89. The molecular weight excluding hydrogens is 980 g/mol. The van der Waals surface area contributed by atoms with E-state index in [2.05, 4.69) is 15.6 Å². The summed E-state index contributed by atoms with van der Waals surface area (Å²) in [6.45, 7) is 13.2. The summed E-state index contributed by atoms with van der Waals surface area (Å²) in [5.74, 6) is -1.16. The second kappa shape index (κ2) is 22.2. The number of likely N-dealkylation sites (tertiary alicyclic amines) is 1. The topological polar surface area (TPSA) is 177 Å². The predicted molar refractivity (Wildman–Crippen MR) is 277 cm³/mol. The van der Waals surface area contributed by atoms with Gasteiger partial charge in [-0.15, -0.1) is 11.3 Å². The number of nitrogens with one attached hydrogen (secondary N) is 2. The third-order valence-corrected chi connectivity index (χ3v) is 14.2. The normalized spacial score (nSPS) is 17.2. The molecule has 2 saturated heterocycles. The molecule has 0 bridgehead atoms.